The van der Waals surface area contributed by atoms with Crippen molar-refractivity contribution < 1.29 is 27.2 Å². The van der Waals surface area contributed by atoms with Gasteiger partial charge in [0.15, 0.2) is 23.3 Å². The number of hydrogen-bond donors (Lipinski definition) is 2. The first-order chi connectivity index (χ1) is 13.4. The highest BCUT2D eigenvalue weighted by molar-refractivity contribution is 6.06. The zero-order chi connectivity index (χ0) is 20.3. The van der Waals surface area contributed by atoms with Crippen molar-refractivity contribution in [2.24, 2.45) is 0 Å². The minimum atomic E-state index is -1.87. The molecule has 0 unspecified atom stereocenters. The quantitative estimate of drug-likeness (QED) is 0.527. The minimum Gasteiger partial charge on any atom is -0.317 e. The van der Waals surface area contributed by atoms with E-state index in [2.05, 4.69) is 9.97 Å². The third kappa shape index (κ3) is 3.65. The average Bonchev–Trinajstić information content (AvgIpc) is 2.73. The molecular formula is C18H10F4N4O2. The van der Waals surface area contributed by atoms with Crippen LogP contribution in [0.5, 0.6) is 0 Å². The van der Waals surface area contributed by atoms with Gasteiger partial charge in [0.1, 0.15) is 11.4 Å². The lowest BCUT2D eigenvalue weighted by Crippen LogP contribution is -2.19. The first-order valence-corrected chi connectivity index (χ1v) is 7.69. The Labute approximate surface area is 155 Å². The SMILES string of the molecule is O=C(Nc1c(F)c(F)c(NC(=O)c2ccncc2)c(F)c1F)c1ccncc1. The van der Waals surface area contributed by atoms with Gasteiger partial charge < -0.3 is 10.6 Å². The van der Waals surface area contributed by atoms with Crippen LogP contribution in [0, 0.1) is 23.3 Å². The maximum absolute atomic E-state index is 14.3. The van der Waals surface area contributed by atoms with E-state index in [1.165, 1.54) is 49.1 Å². The second-order valence-electron chi connectivity index (χ2n) is 5.39. The number of pyridine rings is 2. The molecule has 142 valence electrons. The molecule has 6 nitrogen and oxygen atoms in total. The van der Waals surface area contributed by atoms with Crippen LogP contribution in [0.4, 0.5) is 28.9 Å². The molecule has 2 N–H and O–H groups in total. The van der Waals surface area contributed by atoms with Crippen LogP contribution in [-0.2, 0) is 0 Å². The van der Waals surface area contributed by atoms with Crippen LogP contribution in [0.2, 0.25) is 0 Å². The topological polar surface area (TPSA) is 84.0 Å². The molecule has 0 spiro atoms. The third-order valence-electron chi connectivity index (χ3n) is 3.63. The van der Waals surface area contributed by atoms with Gasteiger partial charge in [-0.3, -0.25) is 19.6 Å². The van der Waals surface area contributed by atoms with Crippen LogP contribution in [0.3, 0.4) is 0 Å². The number of carbonyl (C=O) groups excluding carboxylic acids is 2. The summed E-state index contributed by atoms with van der Waals surface area (Å²) in [6.07, 6.45) is 5.00. The van der Waals surface area contributed by atoms with Gasteiger partial charge in [-0.15, -0.1) is 0 Å². The summed E-state index contributed by atoms with van der Waals surface area (Å²) in [5.74, 6) is -9.49. The summed E-state index contributed by atoms with van der Waals surface area (Å²) in [7, 11) is 0. The number of hydrogen-bond acceptors (Lipinski definition) is 4. The number of nitrogens with one attached hydrogen (secondary N) is 2. The van der Waals surface area contributed by atoms with Crippen LogP contribution < -0.4 is 10.6 Å². The van der Waals surface area contributed by atoms with Crippen LogP contribution in [0.25, 0.3) is 0 Å². The Bertz CT molecular complexity index is 933. The highest BCUT2D eigenvalue weighted by Crippen LogP contribution is 2.32. The fourth-order valence-corrected chi connectivity index (χ4v) is 2.23. The Balaban J connectivity index is 1.93. The zero-order valence-electron chi connectivity index (χ0n) is 13.8. The van der Waals surface area contributed by atoms with Crippen molar-refractivity contribution in [2.45, 2.75) is 0 Å². The smallest absolute Gasteiger partial charge is 0.255 e. The number of aromatic nitrogens is 2. The molecule has 0 radical (unpaired) electrons. The van der Waals surface area contributed by atoms with Gasteiger partial charge in [-0.05, 0) is 24.3 Å². The Morgan fingerprint density at radius 1 is 0.607 bits per heavy atom. The minimum absolute atomic E-state index is 0.0373. The molecule has 3 rings (SSSR count). The van der Waals surface area contributed by atoms with Gasteiger partial charge in [0.05, 0.1) is 0 Å². The maximum Gasteiger partial charge on any atom is 0.255 e. The molecule has 0 bridgehead atoms. The largest absolute Gasteiger partial charge is 0.317 e. The normalized spacial score (nSPS) is 10.4. The molecule has 2 amide bonds. The van der Waals surface area contributed by atoms with Crippen molar-refractivity contribution in [1.82, 2.24) is 9.97 Å². The van der Waals surface area contributed by atoms with Crippen LogP contribution in [0.1, 0.15) is 20.7 Å². The van der Waals surface area contributed by atoms with Crippen LogP contribution in [-0.4, -0.2) is 21.8 Å². The number of anilines is 2. The molecule has 3 aromatic rings. The van der Waals surface area contributed by atoms with Crippen molar-refractivity contribution in [2.75, 3.05) is 10.6 Å². The summed E-state index contributed by atoms with van der Waals surface area (Å²) in [5, 5.41) is 3.54. The van der Waals surface area contributed by atoms with Crippen molar-refractivity contribution >= 4 is 23.2 Å². The van der Waals surface area contributed by atoms with Crippen molar-refractivity contribution in [3.63, 3.8) is 0 Å². The Morgan fingerprint density at radius 2 is 0.893 bits per heavy atom. The standard InChI is InChI=1S/C18H10F4N4O2/c19-11-13(21)16(26-18(28)10-3-7-24-8-4-10)14(22)12(20)15(11)25-17(27)9-1-5-23-6-2-9/h1-8H,(H,25,27)(H,26,28). The van der Waals surface area contributed by atoms with E-state index in [-0.39, 0.29) is 11.1 Å². The maximum atomic E-state index is 14.3. The van der Waals surface area contributed by atoms with Gasteiger partial charge in [0, 0.05) is 35.9 Å². The lowest BCUT2D eigenvalue weighted by Gasteiger charge is -2.13. The Kier molecular flexibility index (Phi) is 5.30. The molecule has 0 aliphatic rings. The van der Waals surface area contributed by atoms with Gasteiger partial charge >= 0.3 is 0 Å². The molecule has 0 saturated heterocycles. The monoisotopic (exact) mass is 390 g/mol. The summed E-state index contributed by atoms with van der Waals surface area (Å²) in [6.45, 7) is 0. The lowest BCUT2D eigenvalue weighted by atomic mass is 10.2. The second-order valence-corrected chi connectivity index (χ2v) is 5.39. The van der Waals surface area contributed by atoms with E-state index in [9.17, 15) is 27.2 Å². The predicted octanol–water partition coefficient (Wildman–Crippen LogP) is 3.54. The summed E-state index contributed by atoms with van der Waals surface area (Å²) in [5.41, 5.74) is -2.72. The molecule has 0 aliphatic heterocycles. The van der Waals surface area contributed by atoms with E-state index >= 15 is 0 Å². The number of carbonyl (C=O) groups is 2. The van der Waals surface area contributed by atoms with E-state index in [1.807, 2.05) is 0 Å². The molecule has 1 aromatic carbocycles. The van der Waals surface area contributed by atoms with Crippen LogP contribution in [0.15, 0.2) is 49.1 Å². The van der Waals surface area contributed by atoms with Gasteiger partial charge in [-0.25, -0.2) is 17.6 Å². The molecule has 10 heteroatoms. The summed E-state index contributed by atoms with van der Waals surface area (Å²) in [6, 6.07) is 4.95. The van der Waals surface area contributed by atoms with E-state index in [1.54, 1.807) is 10.6 Å². The first kappa shape index (κ1) is 19.0. The molecule has 28 heavy (non-hydrogen) atoms. The predicted molar refractivity (Wildman–Crippen MR) is 90.7 cm³/mol. The molecule has 0 fully saturated rings. The van der Waals surface area contributed by atoms with Crippen LogP contribution >= 0.6 is 0 Å². The summed E-state index contributed by atoms with van der Waals surface area (Å²) in [4.78, 5) is 31.3. The lowest BCUT2D eigenvalue weighted by molar-refractivity contribution is 0.101. The first-order valence-electron chi connectivity index (χ1n) is 7.69. The fraction of sp³-hybridized carbons (Fsp3) is 0. The van der Waals surface area contributed by atoms with Gasteiger partial charge in [0.2, 0.25) is 0 Å². The molecule has 2 aromatic heterocycles. The Hall–Kier alpha value is -3.82. The van der Waals surface area contributed by atoms with Gasteiger partial charge in [-0.2, -0.15) is 0 Å². The molecule has 0 aliphatic carbocycles. The average molecular weight is 390 g/mol. The van der Waals surface area contributed by atoms with Gasteiger partial charge in [-0.1, -0.05) is 0 Å². The third-order valence-corrected chi connectivity index (χ3v) is 3.63. The van der Waals surface area contributed by atoms with Crippen molar-refractivity contribution in [1.29, 1.82) is 0 Å². The number of halogens is 4. The Morgan fingerprint density at radius 3 is 1.18 bits per heavy atom. The number of benzene rings is 1. The van der Waals surface area contributed by atoms with E-state index in [4.69, 9.17) is 0 Å². The zero-order valence-corrected chi connectivity index (χ0v) is 13.8. The molecular weight excluding hydrogens is 380 g/mol. The van der Waals surface area contributed by atoms with E-state index in [0.29, 0.717) is 0 Å². The highest BCUT2D eigenvalue weighted by atomic mass is 19.2. The second kappa shape index (κ2) is 7.82. The number of rotatable bonds is 4. The number of amides is 2. The highest BCUT2D eigenvalue weighted by Gasteiger charge is 2.28. The summed E-state index contributed by atoms with van der Waals surface area (Å²) < 4.78 is 57.0. The molecule has 2 heterocycles. The van der Waals surface area contributed by atoms with Crippen molar-refractivity contribution in [3.8, 4) is 0 Å². The van der Waals surface area contributed by atoms with Crippen molar-refractivity contribution in [3.05, 3.63) is 83.4 Å². The summed E-state index contributed by atoms with van der Waals surface area (Å²) >= 11 is 0. The molecule has 0 saturated carbocycles. The van der Waals surface area contributed by atoms with E-state index in [0.717, 1.165) is 0 Å². The number of nitrogens with zero attached hydrogens (tertiary/aromatic N) is 2. The van der Waals surface area contributed by atoms with Gasteiger partial charge in [0.25, 0.3) is 11.8 Å². The fourth-order valence-electron chi connectivity index (χ4n) is 2.23. The molecule has 0 atom stereocenters. The van der Waals surface area contributed by atoms with E-state index < -0.39 is 46.5 Å².